The van der Waals surface area contributed by atoms with E-state index in [4.69, 9.17) is 14.2 Å². The van der Waals surface area contributed by atoms with Crippen LogP contribution in [0.15, 0.2) is 47.8 Å². The summed E-state index contributed by atoms with van der Waals surface area (Å²) in [5.74, 6) is 2.25. The highest BCUT2D eigenvalue weighted by molar-refractivity contribution is 7.14. The van der Waals surface area contributed by atoms with E-state index in [2.05, 4.69) is 15.6 Å². The molecule has 2 heterocycles. The third-order valence-electron chi connectivity index (χ3n) is 4.25. The van der Waals surface area contributed by atoms with E-state index < -0.39 is 0 Å². The van der Waals surface area contributed by atoms with Gasteiger partial charge < -0.3 is 19.5 Å². The Morgan fingerprint density at radius 1 is 1.18 bits per heavy atom. The minimum Gasteiger partial charge on any atom is -0.497 e. The fraction of sp³-hybridized carbons (Fsp3) is 0.200. The fourth-order valence-electron chi connectivity index (χ4n) is 2.77. The number of methoxy groups -OCH3 is 1. The standard InChI is InChI=1S/C20H19N3O4S/c1-25-15-5-2-13(3-6-15)8-9-21-19(24)23-20-22-16(11-28-20)14-4-7-17-18(10-14)27-12-26-17/h2-7,10-11H,8-9,12H2,1H3,(H2,21,22,23,24). The Labute approximate surface area is 166 Å². The molecule has 28 heavy (non-hydrogen) atoms. The average Bonchev–Trinajstić information content (AvgIpc) is 3.37. The largest absolute Gasteiger partial charge is 0.497 e. The molecule has 1 aromatic heterocycles. The van der Waals surface area contributed by atoms with Crippen molar-refractivity contribution in [1.29, 1.82) is 0 Å². The van der Waals surface area contributed by atoms with E-state index in [-0.39, 0.29) is 12.8 Å². The fourth-order valence-corrected chi connectivity index (χ4v) is 3.49. The number of carbonyl (C=O) groups excluding carboxylic acids is 1. The number of hydrogen-bond donors (Lipinski definition) is 2. The summed E-state index contributed by atoms with van der Waals surface area (Å²) in [7, 11) is 1.64. The minimum atomic E-state index is -0.278. The molecular weight excluding hydrogens is 378 g/mol. The number of nitrogens with one attached hydrogen (secondary N) is 2. The van der Waals surface area contributed by atoms with Crippen LogP contribution in [-0.4, -0.2) is 31.5 Å². The lowest BCUT2D eigenvalue weighted by Crippen LogP contribution is -2.30. The molecule has 2 amide bonds. The van der Waals surface area contributed by atoms with Gasteiger partial charge in [-0.25, -0.2) is 9.78 Å². The predicted octanol–water partition coefficient (Wildman–Crippen LogP) is 3.91. The zero-order valence-electron chi connectivity index (χ0n) is 15.2. The Hall–Kier alpha value is -3.26. The molecule has 0 bridgehead atoms. The second kappa shape index (κ2) is 8.18. The lowest BCUT2D eigenvalue weighted by Gasteiger charge is -2.06. The molecule has 0 spiro atoms. The van der Waals surface area contributed by atoms with Gasteiger partial charge in [0.2, 0.25) is 6.79 Å². The average molecular weight is 397 g/mol. The van der Waals surface area contributed by atoms with Gasteiger partial charge in [-0.05, 0) is 42.3 Å². The van der Waals surface area contributed by atoms with E-state index >= 15 is 0 Å². The molecule has 2 N–H and O–H groups in total. The lowest BCUT2D eigenvalue weighted by molar-refractivity contribution is 0.174. The third-order valence-corrected chi connectivity index (χ3v) is 5.01. The molecule has 0 saturated carbocycles. The molecule has 8 heteroatoms. The van der Waals surface area contributed by atoms with E-state index in [9.17, 15) is 4.79 Å². The van der Waals surface area contributed by atoms with Gasteiger partial charge in [0, 0.05) is 17.5 Å². The van der Waals surface area contributed by atoms with Crippen molar-refractivity contribution in [2.45, 2.75) is 6.42 Å². The number of hydrogen-bond acceptors (Lipinski definition) is 6. The van der Waals surface area contributed by atoms with Gasteiger partial charge in [-0.3, -0.25) is 5.32 Å². The summed E-state index contributed by atoms with van der Waals surface area (Å²) in [5.41, 5.74) is 2.81. The molecule has 1 aliphatic heterocycles. The number of urea groups is 1. The summed E-state index contributed by atoms with van der Waals surface area (Å²) in [6, 6.07) is 13.2. The van der Waals surface area contributed by atoms with Gasteiger partial charge in [-0.2, -0.15) is 0 Å². The zero-order valence-corrected chi connectivity index (χ0v) is 16.0. The van der Waals surface area contributed by atoms with Crippen molar-refractivity contribution in [2.24, 2.45) is 0 Å². The van der Waals surface area contributed by atoms with Crippen LogP contribution in [0.25, 0.3) is 11.3 Å². The molecule has 1 aliphatic rings. The summed E-state index contributed by atoms with van der Waals surface area (Å²) < 4.78 is 15.8. The number of carbonyl (C=O) groups is 1. The van der Waals surface area contributed by atoms with Crippen molar-refractivity contribution in [3.63, 3.8) is 0 Å². The molecular formula is C20H19N3O4S. The number of thiazole rings is 1. The topological polar surface area (TPSA) is 81.7 Å². The first kappa shape index (κ1) is 18.1. The van der Waals surface area contributed by atoms with Gasteiger partial charge >= 0.3 is 6.03 Å². The third kappa shape index (κ3) is 4.17. The van der Waals surface area contributed by atoms with E-state index in [1.54, 1.807) is 7.11 Å². The number of nitrogens with zero attached hydrogens (tertiary/aromatic N) is 1. The maximum atomic E-state index is 12.1. The zero-order chi connectivity index (χ0) is 19.3. The van der Waals surface area contributed by atoms with E-state index in [0.29, 0.717) is 17.4 Å². The van der Waals surface area contributed by atoms with Gasteiger partial charge in [0.25, 0.3) is 0 Å². The molecule has 144 valence electrons. The molecule has 2 aromatic carbocycles. The Bertz CT molecular complexity index is 972. The highest BCUT2D eigenvalue weighted by atomic mass is 32.1. The normalized spacial score (nSPS) is 11.9. The molecule has 0 aliphatic carbocycles. The van der Waals surface area contributed by atoms with E-state index in [1.807, 2.05) is 47.8 Å². The highest BCUT2D eigenvalue weighted by Crippen LogP contribution is 2.36. The molecule has 7 nitrogen and oxygen atoms in total. The first-order valence-corrected chi connectivity index (χ1v) is 9.62. The van der Waals surface area contributed by atoms with E-state index in [0.717, 1.165) is 34.7 Å². The Morgan fingerprint density at radius 2 is 2.00 bits per heavy atom. The first-order valence-electron chi connectivity index (χ1n) is 8.74. The molecule has 0 atom stereocenters. The SMILES string of the molecule is COc1ccc(CCNC(=O)Nc2nc(-c3ccc4c(c3)OCO4)cs2)cc1. The van der Waals surface area contributed by atoms with Crippen molar-refractivity contribution in [3.8, 4) is 28.5 Å². The number of benzene rings is 2. The van der Waals surface area contributed by atoms with Crippen LogP contribution in [0.1, 0.15) is 5.56 Å². The van der Waals surface area contributed by atoms with Crippen LogP contribution in [-0.2, 0) is 6.42 Å². The Morgan fingerprint density at radius 3 is 2.82 bits per heavy atom. The van der Waals surface area contributed by atoms with Crippen molar-refractivity contribution in [1.82, 2.24) is 10.3 Å². The summed E-state index contributed by atoms with van der Waals surface area (Å²) in [6.45, 7) is 0.762. The van der Waals surface area contributed by atoms with Crippen molar-refractivity contribution in [3.05, 3.63) is 53.4 Å². The smallest absolute Gasteiger partial charge is 0.321 e. The van der Waals surface area contributed by atoms with Crippen molar-refractivity contribution >= 4 is 22.5 Å². The number of amides is 2. The second-order valence-electron chi connectivity index (χ2n) is 6.08. The van der Waals surface area contributed by atoms with Gasteiger partial charge in [0.05, 0.1) is 12.8 Å². The van der Waals surface area contributed by atoms with Gasteiger partial charge in [0.1, 0.15) is 5.75 Å². The Balaban J connectivity index is 1.29. The van der Waals surface area contributed by atoms with Crippen LogP contribution < -0.4 is 24.8 Å². The number of fused-ring (bicyclic) bond motifs is 1. The quantitative estimate of drug-likeness (QED) is 0.659. The van der Waals surface area contributed by atoms with Crippen LogP contribution in [0.5, 0.6) is 17.2 Å². The van der Waals surface area contributed by atoms with Crippen LogP contribution in [0.3, 0.4) is 0 Å². The molecule has 3 aromatic rings. The number of rotatable bonds is 6. The summed E-state index contributed by atoms with van der Waals surface area (Å²) >= 11 is 1.37. The van der Waals surface area contributed by atoms with Crippen LogP contribution in [0, 0.1) is 0 Å². The first-order chi connectivity index (χ1) is 13.7. The molecule has 0 saturated heterocycles. The van der Waals surface area contributed by atoms with Gasteiger partial charge in [-0.15, -0.1) is 11.3 Å². The number of aromatic nitrogens is 1. The molecule has 0 unspecified atom stereocenters. The molecule has 0 radical (unpaired) electrons. The van der Waals surface area contributed by atoms with E-state index in [1.165, 1.54) is 11.3 Å². The van der Waals surface area contributed by atoms with Gasteiger partial charge in [-0.1, -0.05) is 12.1 Å². The van der Waals surface area contributed by atoms with Gasteiger partial charge in [0.15, 0.2) is 16.6 Å². The summed E-state index contributed by atoms with van der Waals surface area (Å²) in [4.78, 5) is 16.6. The maximum Gasteiger partial charge on any atom is 0.321 e. The molecule has 0 fully saturated rings. The Kier molecular flexibility index (Phi) is 5.29. The van der Waals surface area contributed by atoms with Crippen LogP contribution >= 0.6 is 11.3 Å². The summed E-state index contributed by atoms with van der Waals surface area (Å²) in [5, 5.41) is 8.04. The maximum absolute atomic E-state index is 12.1. The number of ether oxygens (including phenoxy) is 3. The van der Waals surface area contributed by atoms with Crippen LogP contribution in [0.4, 0.5) is 9.93 Å². The predicted molar refractivity (Wildman–Crippen MR) is 107 cm³/mol. The summed E-state index contributed by atoms with van der Waals surface area (Å²) in [6.07, 6.45) is 0.734. The lowest BCUT2D eigenvalue weighted by atomic mass is 10.1. The molecule has 4 rings (SSSR count). The monoisotopic (exact) mass is 397 g/mol. The second-order valence-corrected chi connectivity index (χ2v) is 6.94. The van der Waals surface area contributed by atoms with Crippen LogP contribution in [0.2, 0.25) is 0 Å². The highest BCUT2D eigenvalue weighted by Gasteiger charge is 2.15. The number of anilines is 1. The van der Waals surface area contributed by atoms with Crippen molar-refractivity contribution < 1.29 is 19.0 Å². The minimum absolute atomic E-state index is 0.235. The van der Waals surface area contributed by atoms with Crippen molar-refractivity contribution in [2.75, 3.05) is 25.8 Å².